The average molecular weight is 443 g/mol. The Hall–Kier alpha value is -2.38. The molecule has 2 bridgehead atoms. The van der Waals surface area contributed by atoms with Crippen molar-refractivity contribution in [3.05, 3.63) is 35.4 Å². The number of benzene rings is 1. The summed E-state index contributed by atoms with van der Waals surface area (Å²) in [6.45, 7) is 6.75. The molecule has 5 atom stereocenters. The minimum atomic E-state index is -0.439. The maximum absolute atomic E-state index is 11.7. The molecule has 7 heteroatoms. The van der Waals surface area contributed by atoms with Crippen molar-refractivity contribution < 1.29 is 23.8 Å². The highest BCUT2D eigenvalue weighted by Gasteiger charge is 2.65. The number of piperidine rings is 1. The van der Waals surface area contributed by atoms with Gasteiger partial charge < -0.3 is 24.8 Å². The first-order valence-corrected chi connectivity index (χ1v) is 11.6. The molecule has 0 unspecified atom stereocenters. The Kier molecular flexibility index (Phi) is 6.32. The summed E-state index contributed by atoms with van der Waals surface area (Å²) >= 11 is 0. The van der Waals surface area contributed by atoms with Gasteiger partial charge >= 0.3 is 11.9 Å². The van der Waals surface area contributed by atoms with Crippen LogP contribution in [0.3, 0.4) is 0 Å². The molecule has 0 radical (unpaired) electrons. The summed E-state index contributed by atoms with van der Waals surface area (Å²) in [5, 5.41) is 0. The van der Waals surface area contributed by atoms with Crippen LogP contribution < -0.4 is 15.2 Å². The summed E-state index contributed by atoms with van der Waals surface area (Å²) in [7, 11) is 2.17. The molecule has 1 spiro atoms. The number of hydrogen-bond acceptors (Lipinski definition) is 7. The van der Waals surface area contributed by atoms with Crippen molar-refractivity contribution in [2.24, 2.45) is 11.7 Å². The maximum Gasteiger partial charge on any atom is 0.308 e. The van der Waals surface area contributed by atoms with Gasteiger partial charge in [0.25, 0.3) is 0 Å². The quantitative estimate of drug-likeness (QED) is 0.436. The number of ether oxygens (including phenoxy) is 3. The normalized spacial score (nSPS) is 31.0. The summed E-state index contributed by atoms with van der Waals surface area (Å²) in [4.78, 5) is 25.7. The van der Waals surface area contributed by atoms with E-state index in [4.69, 9.17) is 19.9 Å². The first kappa shape index (κ1) is 22.8. The zero-order valence-electron chi connectivity index (χ0n) is 19.4. The van der Waals surface area contributed by atoms with Gasteiger partial charge in [0.15, 0.2) is 17.6 Å². The van der Waals surface area contributed by atoms with Gasteiger partial charge in [0.1, 0.15) is 6.10 Å². The molecule has 1 aromatic rings. The zero-order valence-corrected chi connectivity index (χ0v) is 19.4. The van der Waals surface area contributed by atoms with Gasteiger partial charge in [-0.05, 0) is 57.1 Å². The number of likely N-dealkylation sites (N-methyl/N-ethyl adjacent to an activating group) is 1. The number of nitrogens with zero attached hydrogens (tertiary/aromatic N) is 1. The second-order valence-corrected chi connectivity index (χ2v) is 9.23. The Labute approximate surface area is 189 Å². The lowest BCUT2D eigenvalue weighted by Crippen LogP contribution is -2.65. The molecule has 1 aromatic carbocycles. The van der Waals surface area contributed by atoms with Crippen LogP contribution >= 0.6 is 0 Å². The van der Waals surface area contributed by atoms with Gasteiger partial charge in [-0.25, -0.2) is 0 Å². The van der Waals surface area contributed by atoms with E-state index in [1.165, 1.54) is 32.3 Å². The molecular formula is C25H34N2O5. The van der Waals surface area contributed by atoms with E-state index in [2.05, 4.69) is 31.0 Å². The second kappa shape index (κ2) is 8.87. The molecule has 1 fully saturated rings. The topological polar surface area (TPSA) is 91.1 Å². The van der Waals surface area contributed by atoms with E-state index >= 15 is 0 Å². The van der Waals surface area contributed by atoms with Gasteiger partial charge in [0.05, 0.1) is 0 Å². The predicted molar refractivity (Wildman–Crippen MR) is 121 cm³/mol. The molecule has 5 rings (SSSR count). The molecule has 2 aliphatic heterocycles. The molecule has 32 heavy (non-hydrogen) atoms. The number of carbonyl (C=O) groups is 2. The van der Waals surface area contributed by atoms with Crippen molar-refractivity contribution in [3.63, 3.8) is 0 Å². The highest BCUT2D eigenvalue weighted by Crippen LogP contribution is 2.62. The van der Waals surface area contributed by atoms with Crippen LogP contribution in [0.25, 0.3) is 0 Å². The smallest absolute Gasteiger partial charge is 0.308 e. The lowest BCUT2D eigenvalue weighted by molar-refractivity contribution is -0.152. The summed E-state index contributed by atoms with van der Waals surface area (Å²) < 4.78 is 17.5. The van der Waals surface area contributed by atoms with Crippen LogP contribution in [0.1, 0.15) is 51.2 Å². The molecule has 1 saturated heterocycles. The fraction of sp³-hybridized carbons (Fsp3) is 0.600. The standard InChI is InChI=1S/C21H23NO5.C4H11N/c1-11(23)25-16-6-4-13-10-15-14-5-7-17(26-12(2)24)20-21(14,8-9-22(15)3)18(13)19(16)27-20;1-2-3-4-5/h4-7,14-15,17,20H,8-10H2,1-3H3;2-5H2,1H3/t14-,15+,17-,20-,21-;/m0./s1. The number of esters is 2. The predicted octanol–water partition coefficient (Wildman–Crippen LogP) is 2.73. The monoisotopic (exact) mass is 442 g/mol. The van der Waals surface area contributed by atoms with Crippen molar-refractivity contribution >= 4 is 11.9 Å². The van der Waals surface area contributed by atoms with Crippen molar-refractivity contribution in [1.29, 1.82) is 0 Å². The first-order valence-electron chi connectivity index (χ1n) is 11.6. The fourth-order valence-electron chi connectivity index (χ4n) is 5.94. The summed E-state index contributed by atoms with van der Waals surface area (Å²) in [6, 6.07) is 4.28. The molecule has 7 nitrogen and oxygen atoms in total. The van der Waals surface area contributed by atoms with Crippen LogP contribution in [0.2, 0.25) is 0 Å². The Balaban J connectivity index is 0.000000444. The molecule has 2 N–H and O–H groups in total. The highest BCUT2D eigenvalue weighted by atomic mass is 16.6. The maximum atomic E-state index is 11.7. The van der Waals surface area contributed by atoms with Crippen LogP contribution in [0.5, 0.6) is 11.5 Å². The molecule has 4 aliphatic rings. The molecule has 2 aliphatic carbocycles. The summed E-state index contributed by atoms with van der Waals surface area (Å²) in [5.41, 5.74) is 7.29. The average Bonchev–Trinajstić information content (AvgIpc) is 3.09. The molecular weight excluding hydrogens is 408 g/mol. The van der Waals surface area contributed by atoms with Crippen LogP contribution in [0, 0.1) is 5.92 Å². The largest absolute Gasteiger partial charge is 0.481 e. The third kappa shape index (κ3) is 3.61. The van der Waals surface area contributed by atoms with Gasteiger partial charge in [-0.15, -0.1) is 0 Å². The highest BCUT2D eigenvalue weighted by molar-refractivity contribution is 5.73. The van der Waals surface area contributed by atoms with Crippen molar-refractivity contribution in [1.82, 2.24) is 4.90 Å². The number of nitrogens with two attached hydrogens (primary N) is 1. The molecule has 0 saturated carbocycles. The molecule has 0 aromatic heterocycles. The SMILES string of the molecule is CC(=O)Oc1ccc2c3c1O[C@H]1[C@@H](OC(C)=O)C=C[C@H]4[C@@H](C2)N(C)CC[C@@]341.CCCCN. The Morgan fingerprint density at radius 3 is 2.66 bits per heavy atom. The minimum Gasteiger partial charge on any atom is -0.481 e. The van der Waals surface area contributed by atoms with Crippen molar-refractivity contribution in [2.45, 2.75) is 70.1 Å². The molecule has 2 heterocycles. The zero-order chi connectivity index (χ0) is 23.0. The lowest BCUT2D eigenvalue weighted by Gasteiger charge is -2.56. The van der Waals surface area contributed by atoms with Crippen LogP contribution in [0.15, 0.2) is 24.3 Å². The Morgan fingerprint density at radius 1 is 1.25 bits per heavy atom. The van der Waals surface area contributed by atoms with Gasteiger partial charge in [0.2, 0.25) is 0 Å². The summed E-state index contributed by atoms with van der Waals surface area (Å²) in [5.74, 6) is 0.712. The number of rotatable bonds is 4. The number of likely N-dealkylation sites (tertiary alicyclic amines) is 1. The Bertz CT molecular complexity index is 927. The van der Waals surface area contributed by atoms with E-state index in [0.717, 1.165) is 31.5 Å². The van der Waals surface area contributed by atoms with Crippen LogP contribution in [0.4, 0.5) is 0 Å². The fourth-order valence-corrected chi connectivity index (χ4v) is 5.94. The van der Waals surface area contributed by atoms with E-state index in [0.29, 0.717) is 17.5 Å². The van der Waals surface area contributed by atoms with E-state index in [1.807, 2.05) is 12.1 Å². The van der Waals surface area contributed by atoms with E-state index < -0.39 is 6.10 Å². The molecule has 0 amide bonds. The van der Waals surface area contributed by atoms with Gasteiger partial charge in [-0.2, -0.15) is 0 Å². The van der Waals surface area contributed by atoms with Gasteiger partial charge in [0, 0.05) is 36.8 Å². The lowest BCUT2D eigenvalue weighted by atomic mass is 9.53. The minimum absolute atomic E-state index is 0.245. The van der Waals surface area contributed by atoms with E-state index in [-0.39, 0.29) is 29.4 Å². The Morgan fingerprint density at radius 2 is 2.03 bits per heavy atom. The number of unbranched alkanes of at least 4 members (excludes halogenated alkanes) is 1. The van der Waals surface area contributed by atoms with Crippen molar-refractivity contribution in [3.8, 4) is 11.5 Å². The van der Waals surface area contributed by atoms with Gasteiger partial charge in [-0.1, -0.05) is 25.5 Å². The number of hydrogen-bond donors (Lipinski definition) is 1. The van der Waals surface area contributed by atoms with E-state index in [1.54, 1.807) is 0 Å². The van der Waals surface area contributed by atoms with Crippen LogP contribution in [-0.2, 0) is 26.2 Å². The second-order valence-electron chi connectivity index (χ2n) is 9.23. The third-order valence-electron chi connectivity index (χ3n) is 7.23. The number of carbonyl (C=O) groups excluding carboxylic acids is 2. The third-order valence-corrected chi connectivity index (χ3v) is 7.23. The van der Waals surface area contributed by atoms with Gasteiger partial charge in [-0.3, -0.25) is 9.59 Å². The van der Waals surface area contributed by atoms with E-state index in [9.17, 15) is 9.59 Å². The first-order chi connectivity index (χ1) is 15.3. The van der Waals surface area contributed by atoms with Crippen molar-refractivity contribution in [2.75, 3.05) is 20.1 Å². The molecule has 174 valence electrons. The summed E-state index contributed by atoms with van der Waals surface area (Å²) in [6.07, 6.45) is 7.69. The van der Waals surface area contributed by atoms with Crippen LogP contribution in [-0.4, -0.2) is 55.2 Å².